The number of hydrogen-bond acceptors (Lipinski definition) is 4. The standard InChI is InChI=1S/C15H11N3S/c1-18(12-6-4-5-11(9-12)10-16)15-13-7-2-3-8-14(13)17-19-15/h2-9H,1H3. The Balaban J connectivity index is 2.08. The van der Waals surface area contributed by atoms with Crippen molar-refractivity contribution in [2.45, 2.75) is 0 Å². The summed E-state index contributed by atoms with van der Waals surface area (Å²) in [4.78, 5) is 2.07. The molecule has 0 aliphatic carbocycles. The van der Waals surface area contributed by atoms with Gasteiger partial charge >= 0.3 is 0 Å². The van der Waals surface area contributed by atoms with E-state index in [0.29, 0.717) is 5.56 Å². The molecule has 0 spiro atoms. The van der Waals surface area contributed by atoms with Gasteiger partial charge in [-0.05, 0) is 41.9 Å². The van der Waals surface area contributed by atoms with E-state index in [1.807, 2.05) is 49.5 Å². The van der Waals surface area contributed by atoms with Gasteiger partial charge in [-0.1, -0.05) is 18.2 Å². The summed E-state index contributed by atoms with van der Waals surface area (Å²) in [6.07, 6.45) is 0. The van der Waals surface area contributed by atoms with Crippen molar-refractivity contribution in [2.75, 3.05) is 11.9 Å². The van der Waals surface area contributed by atoms with Crippen LogP contribution >= 0.6 is 11.5 Å². The van der Waals surface area contributed by atoms with Gasteiger partial charge in [0, 0.05) is 18.1 Å². The molecule has 0 N–H and O–H groups in total. The highest BCUT2D eigenvalue weighted by molar-refractivity contribution is 7.12. The molecule has 4 heteroatoms. The lowest BCUT2D eigenvalue weighted by molar-refractivity contribution is 1.24. The Labute approximate surface area is 115 Å². The summed E-state index contributed by atoms with van der Waals surface area (Å²) in [7, 11) is 2.00. The van der Waals surface area contributed by atoms with Gasteiger partial charge in [0.15, 0.2) is 0 Å². The molecule has 0 atom stereocenters. The topological polar surface area (TPSA) is 39.9 Å². The molecule has 0 amide bonds. The van der Waals surface area contributed by atoms with Crippen LogP contribution < -0.4 is 4.90 Å². The van der Waals surface area contributed by atoms with Crippen molar-refractivity contribution in [2.24, 2.45) is 0 Å². The van der Waals surface area contributed by atoms with E-state index in [4.69, 9.17) is 5.26 Å². The summed E-state index contributed by atoms with van der Waals surface area (Å²) in [5.41, 5.74) is 2.66. The van der Waals surface area contributed by atoms with Crippen molar-refractivity contribution in [1.82, 2.24) is 4.37 Å². The van der Waals surface area contributed by atoms with Gasteiger partial charge in [-0.2, -0.15) is 9.64 Å². The molecule has 0 saturated carbocycles. The predicted octanol–water partition coefficient (Wildman–Crippen LogP) is 3.94. The van der Waals surface area contributed by atoms with Crippen molar-refractivity contribution < 1.29 is 0 Å². The second-order valence-corrected chi connectivity index (χ2v) is 4.98. The van der Waals surface area contributed by atoms with Crippen LogP contribution in [0.15, 0.2) is 48.5 Å². The molecule has 1 aromatic heterocycles. The summed E-state index contributed by atoms with van der Waals surface area (Å²) >= 11 is 1.47. The lowest BCUT2D eigenvalue weighted by Crippen LogP contribution is -2.07. The smallest absolute Gasteiger partial charge is 0.124 e. The maximum absolute atomic E-state index is 8.97. The maximum Gasteiger partial charge on any atom is 0.124 e. The number of aromatic nitrogens is 1. The molecular weight excluding hydrogens is 254 g/mol. The first-order valence-electron chi connectivity index (χ1n) is 5.88. The highest BCUT2D eigenvalue weighted by Gasteiger charge is 2.11. The molecule has 0 saturated heterocycles. The lowest BCUT2D eigenvalue weighted by Gasteiger charge is -2.17. The van der Waals surface area contributed by atoms with E-state index in [0.717, 1.165) is 21.6 Å². The number of anilines is 2. The number of fused-ring (bicyclic) bond motifs is 1. The molecule has 3 aromatic rings. The summed E-state index contributed by atoms with van der Waals surface area (Å²) < 4.78 is 4.44. The third-order valence-electron chi connectivity index (χ3n) is 3.03. The Kier molecular flexibility index (Phi) is 2.90. The summed E-state index contributed by atoms with van der Waals surface area (Å²) in [6.45, 7) is 0. The molecule has 92 valence electrons. The van der Waals surface area contributed by atoms with Crippen molar-refractivity contribution in [3.05, 3.63) is 54.1 Å². The van der Waals surface area contributed by atoms with Crippen LogP contribution in [0.4, 0.5) is 10.7 Å². The maximum atomic E-state index is 8.97. The summed E-state index contributed by atoms with van der Waals surface area (Å²) in [5, 5.41) is 11.2. The van der Waals surface area contributed by atoms with Crippen LogP contribution in [-0.4, -0.2) is 11.4 Å². The molecule has 0 aliphatic rings. The number of benzene rings is 2. The predicted molar refractivity (Wildman–Crippen MR) is 78.8 cm³/mol. The monoisotopic (exact) mass is 265 g/mol. The van der Waals surface area contributed by atoms with Gasteiger partial charge in [-0.3, -0.25) is 0 Å². The van der Waals surface area contributed by atoms with Gasteiger partial charge in [0.05, 0.1) is 17.1 Å². The van der Waals surface area contributed by atoms with Crippen molar-refractivity contribution >= 4 is 33.1 Å². The first-order chi connectivity index (χ1) is 9.29. The molecule has 3 nitrogen and oxygen atoms in total. The third kappa shape index (κ3) is 2.05. The van der Waals surface area contributed by atoms with Crippen LogP contribution in [0.25, 0.3) is 10.9 Å². The fourth-order valence-electron chi connectivity index (χ4n) is 2.02. The molecule has 0 aliphatic heterocycles. The first kappa shape index (κ1) is 11.7. The molecule has 1 heterocycles. The van der Waals surface area contributed by atoms with Gasteiger partial charge in [0.25, 0.3) is 0 Å². The average molecular weight is 265 g/mol. The Bertz CT molecular complexity index is 770. The van der Waals surface area contributed by atoms with E-state index >= 15 is 0 Å². The van der Waals surface area contributed by atoms with Crippen LogP contribution in [0.1, 0.15) is 5.56 Å². The molecule has 0 radical (unpaired) electrons. The zero-order valence-electron chi connectivity index (χ0n) is 10.4. The minimum absolute atomic E-state index is 0.665. The highest BCUT2D eigenvalue weighted by Crippen LogP contribution is 2.34. The molecule has 0 fully saturated rings. The Hall–Kier alpha value is -2.38. The summed E-state index contributed by atoms with van der Waals surface area (Å²) in [6, 6.07) is 17.8. The summed E-state index contributed by atoms with van der Waals surface area (Å²) in [5.74, 6) is 0. The minimum atomic E-state index is 0.665. The van der Waals surface area contributed by atoms with Gasteiger partial charge in [-0.25, -0.2) is 0 Å². The van der Waals surface area contributed by atoms with Gasteiger partial charge in [-0.15, -0.1) is 0 Å². The van der Waals surface area contributed by atoms with E-state index in [2.05, 4.69) is 21.4 Å². The number of rotatable bonds is 2. The quantitative estimate of drug-likeness (QED) is 0.704. The van der Waals surface area contributed by atoms with E-state index in [1.165, 1.54) is 11.5 Å². The molecule has 0 bridgehead atoms. The zero-order chi connectivity index (χ0) is 13.2. The normalized spacial score (nSPS) is 10.3. The van der Waals surface area contributed by atoms with E-state index in [-0.39, 0.29) is 0 Å². The van der Waals surface area contributed by atoms with Crippen LogP contribution in [0, 0.1) is 11.3 Å². The highest BCUT2D eigenvalue weighted by atomic mass is 32.1. The number of nitrogens with zero attached hydrogens (tertiary/aromatic N) is 3. The lowest BCUT2D eigenvalue weighted by atomic mass is 10.2. The van der Waals surface area contributed by atoms with Crippen molar-refractivity contribution in [1.29, 1.82) is 5.26 Å². The Morgan fingerprint density at radius 3 is 2.84 bits per heavy atom. The minimum Gasteiger partial charge on any atom is -0.335 e. The van der Waals surface area contributed by atoms with E-state index in [9.17, 15) is 0 Å². The van der Waals surface area contributed by atoms with Crippen molar-refractivity contribution in [3.8, 4) is 6.07 Å². The Morgan fingerprint density at radius 1 is 1.16 bits per heavy atom. The molecular formula is C15H11N3S. The SMILES string of the molecule is CN(c1cccc(C#N)c1)c1snc2ccccc12. The molecule has 0 unspecified atom stereocenters. The van der Waals surface area contributed by atoms with E-state index in [1.54, 1.807) is 0 Å². The van der Waals surface area contributed by atoms with Crippen molar-refractivity contribution in [3.63, 3.8) is 0 Å². The number of nitriles is 1. The Morgan fingerprint density at radius 2 is 2.00 bits per heavy atom. The molecule has 2 aromatic carbocycles. The molecule has 3 rings (SSSR count). The number of hydrogen-bond donors (Lipinski definition) is 0. The fraction of sp³-hybridized carbons (Fsp3) is 0.0667. The van der Waals surface area contributed by atoms with Gasteiger partial charge in [0.1, 0.15) is 5.00 Å². The van der Waals surface area contributed by atoms with Crippen LogP contribution in [0.3, 0.4) is 0 Å². The van der Waals surface area contributed by atoms with Gasteiger partial charge in [0.2, 0.25) is 0 Å². The second-order valence-electron chi connectivity index (χ2n) is 4.23. The average Bonchev–Trinajstić information content (AvgIpc) is 2.90. The second kappa shape index (κ2) is 4.71. The fourth-order valence-corrected chi connectivity index (χ4v) is 2.86. The zero-order valence-corrected chi connectivity index (χ0v) is 11.2. The first-order valence-corrected chi connectivity index (χ1v) is 6.65. The van der Waals surface area contributed by atoms with Crippen LogP contribution in [-0.2, 0) is 0 Å². The third-order valence-corrected chi connectivity index (χ3v) is 3.99. The molecule has 19 heavy (non-hydrogen) atoms. The largest absolute Gasteiger partial charge is 0.335 e. The van der Waals surface area contributed by atoms with Crippen LogP contribution in [0.5, 0.6) is 0 Å². The van der Waals surface area contributed by atoms with Gasteiger partial charge < -0.3 is 4.90 Å². The van der Waals surface area contributed by atoms with Crippen LogP contribution in [0.2, 0.25) is 0 Å². The van der Waals surface area contributed by atoms with E-state index < -0.39 is 0 Å².